The van der Waals surface area contributed by atoms with Gasteiger partial charge < -0.3 is 24.4 Å². The summed E-state index contributed by atoms with van der Waals surface area (Å²) in [5, 5.41) is 12.0. The molecule has 46 heavy (non-hydrogen) atoms. The van der Waals surface area contributed by atoms with Gasteiger partial charge in [-0.2, -0.15) is 0 Å². The van der Waals surface area contributed by atoms with Crippen LogP contribution in [0.25, 0.3) is 0 Å². The lowest BCUT2D eigenvalue weighted by Gasteiger charge is -2.21. The Bertz CT molecular complexity index is 807. The third-order valence-electron chi connectivity index (χ3n) is 8.00. The molecule has 0 aromatic carbocycles. The molecule has 0 amide bonds. The number of ether oxygens (including phenoxy) is 2. The van der Waals surface area contributed by atoms with E-state index in [0.717, 1.165) is 38.5 Å². The van der Waals surface area contributed by atoms with Crippen LogP contribution in [0.2, 0.25) is 0 Å². The van der Waals surface area contributed by atoms with Crippen molar-refractivity contribution in [1.82, 2.24) is 5.32 Å². The second-order valence-electron chi connectivity index (χ2n) is 12.5. The van der Waals surface area contributed by atoms with Crippen molar-refractivity contribution in [2.45, 2.75) is 180 Å². The normalized spacial score (nSPS) is 13.0. The largest absolute Gasteiger partial charge is 0.480 e. The maximum atomic E-state index is 12.5. The average Bonchev–Trinajstić information content (AvgIpc) is 3.00. The highest BCUT2D eigenvalue weighted by Gasteiger charge is 2.25. The molecule has 0 aliphatic rings. The topological polar surface area (TPSA) is 169 Å². The first kappa shape index (κ1) is 44.5. The Hall–Kier alpha value is -1.52. The van der Waals surface area contributed by atoms with E-state index in [-0.39, 0.29) is 26.0 Å². The molecule has 4 N–H and O–H groups in total. The van der Waals surface area contributed by atoms with Crippen molar-refractivity contribution in [2.75, 3.05) is 19.8 Å². The molecule has 0 heterocycles. The fraction of sp³-hybridized carbons (Fsp3) is 0.912. The van der Waals surface area contributed by atoms with Gasteiger partial charge in [-0.25, -0.2) is 4.57 Å². The van der Waals surface area contributed by atoms with Crippen molar-refractivity contribution in [2.24, 2.45) is 0 Å². The lowest BCUT2D eigenvalue weighted by atomic mass is 10.1. The first-order chi connectivity index (χ1) is 22.1. The maximum absolute atomic E-state index is 12.5. The quantitative estimate of drug-likeness (QED) is 0.0295. The van der Waals surface area contributed by atoms with Crippen LogP contribution in [0.5, 0.6) is 0 Å². The number of nitrogens with one attached hydrogen (secondary N) is 1. The smallest absolute Gasteiger partial charge is 0.469 e. The minimum absolute atomic E-state index is 0.197. The number of rotatable bonds is 34. The monoisotopic (exact) mass is 679 g/mol. The zero-order valence-corrected chi connectivity index (χ0v) is 29.8. The van der Waals surface area contributed by atoms with Gasteiger partial charge in [0.25, 0.3) is 0 Å². The van der Waals surface area contributed by atoms with Gasteiger partial charge in [-0.05, 0) is 12.8 Å². The molecule has 0 spiro atoms. The van der Waals surface area contributed by atoms with Gasteiger partial charge >= 0.3 is 25.7 Å². The van der Waals surface area contributed by atoms with Crippen LogP contribution in [0, 0.1) is 0 Å². The highest BCUT2D eigenvalue weighted by Crippen LogP contribution is 2.35. The molecule has 1 unspecified atom stereocenters. The van der Waals surface area contributed by atoms with Gasteiger partial charge in [0.05, 0.1) is 6.61 Å². The molecule has 0 radical (unpaired) electrons. The van der Waals surface area contributed by atoms with Gasteiger partial charge in [0.15, 0.2) is 0 Å². The number of carbonyl (C=O) groups is 3. The molecule has 0 rings (SSSR count). The molecule has 272 valence electrons. The first-order valence-electron chi connectivity index (χ1n) is 18.1. The van der Waals surface area contributed by atoms with Crippen LogP contribution in [0.1, 0.15) is 168 Å². The molecule has 0 bridgehead atoms. The van der Waals surface area contributed by atoms with Crippen LogP contribution < -0.4 is 5.32 Å². The second-order valence-corrected chi connectivity index (χ2v) is 13.7. The molecule has 0 aliphatic carbocycles. The summed E-state index contributed by atoms with van der Waals surface area (Å²) in [7, 11) is -4.87. The molecular weight excluding hydrogens is 613 g/mol. The maximum Gasteiger partial charge on any atom is 0.469 e. The summed E-state index contributed by atoms with van der Waals surface area (Å²) < 4.78 is 26.2. The van der Waals surface area contributed by atoms with E-state index in [0.29, 0.717) is 12.8 Å². The van der Waals surface area contributed by atoms with Gasteiger partial charge in [-0.15, -0.1) is 0 Å². The van der Waals surface area contributed by atoms with Gasteiger partial charge in [-0.3, -0.25) is 24.2 Å². The average molecular weight is 680 g/mol. The van der Waals surface area contributed by atoms with Crippen LogP contribution in [0.15, 0.2) is 0 Å². The summed E-state index contributed by atoms with van der Waals surface area (Å²) in [4.78, 5) is 54.3. The summed E-state index contributed by atoms with van der Waals surface area (Å²) in [6.07, 6.45) is 25.0. The standard InChI is InChI=1S/C34H66NO10P/c1-3-5-7-9-11-13-15-17-19-21-23-25-32(36)43-28-30(27-35-31(34(38)39)29-44-46(40,41)42)45-33(37)26-24-22-20-18-16-14-12-10-8-6-4-2/h30-31,35H,3-29H2,1-2H3,(H,38,39)(H2,40,41,42)/t30?,31-/m0/s1. The van der Waals surface area contributed by atoms with Crippen molar-refractivity contribution in [3.05, 3.63) is 0 Å². The highest BCUT2D eigenvalue weighted by atomic mass is 31.2. The number of unbranched alkanes of at least 4 members (excludes halogenated alkanes) is 20. The lowest BCUT2D eigenvalue weighted by Crippen LogP contribution is -2.46. The molecule has 0 aromatic heterocycles. The number of carboxylic acids is 1. The van der Waals surface area contributed by atoms with Crippen LogP contribution in [0.3, 0.4) is 0 Å². The SMILES string of the molecule is CCCCCCCCCCCCCC(=O)OCC(CN[C@@H](COP(=O)(O)O)C(=O)O)OC(=O)CCCCCCCCCCCCC. The molecule has 0 aromatic rings. The summed E-state index contributed by atoms with van der Waals surface area (Å²) in [6, 6.07) is -1.47. The predicted octanol–water partition coefficient (Wildman–Crippen LogP) is 8.00. The van der Waals surface area contributed by atoms with E-state index in [4.69, 9.17) is 19.3 Å². The van der Waals surface area contributed by atoms with Crippen molar-refractivity contribution < 1.29 is 47.8 Å². The van der Waals surface area contributed by atoms with Crippen LogP contribution in [0.4, 0.5) is 0 Å². The Morgan fingerprint density at radius 1 is 0.609 bits per heavy atom. The number of aliphatic carboxylic acids is 1. The Morgan fingerprint density at radius 3 is 1.39 bits per heavy atom. The molecule has 2 atom stereocenters. The van der Waals surface area contributed by atoms with E-state index in [1.807, 2.05) is 0 Å². The molecular formula is C34H66NO10P. The van der Waals surface area contributed by atoms with Crippen molar-refractivity contribution in [1.29, 1.82) is 0 Å². The van der Waals surface area contributed by atoms with Gasteiger partial charge in [0.2, 0.25) is 0 Å². The molecule has 11 nitrogen and oxygen atoms in total. The number of carbonyl (C=O) groups excluding carboxylic acids is 2. The van der Waals surface area contributed by atoms with E-state index >= 15 is 0 Å². The molecule has 0 saturated heterocycles. The van der Waals surface area contributed by atoms with Crippen LogP contribution in [-0.2, 0) is 32.9 Å². The minimum atomic E-state index is -4.87. The third kappa shape index (κ3) is 31.1. The highest BCUT2D eigenvalue weighted by molar-refractivity contribution is 7.46. The Balaban J connectivity index is 4.50. The summed E-state index contributed by atoms with van der Waals surface area (Å²) in [5.41, 5.74) is 0. The van der Waals surface area contributed by atoms with Crippen molar-refractivity contribution in [3.63, 3.8) is 0 Å². The zero-order chi connectivity index (χ0) is 34.3. The van der Waals surface area contributed by atoms with Crippen LogP contribution in [-0.4, -0.2) is 64.7 Å². The lowest BCUT2D eigenvalue weighted by molar-refractivity contribution is -0.159. The fourth-order valence-electron chi connectivity index (χ4n) is 5.17. The van der Waals surface area contributed by atoms with Gasteiger partial charge in [-0.1, -0.05) is 142 Å². The van der Waals surface area contributed by atoms with Gasteiger partial charge in [0.1, 0.15) is 18.8 Å². The summed E-state index contributed by atoms with van der Waals surface area (Å²) in [5.74, 6) is -2.28. The van der Waals surface area contributed by atoms with E-state index < -0.39 is 44.5 Å². The van der Waals surface area contributed by atoms with E-state index in [2.05, 4.69) is 23.7 Å². The minimum Gasteiger partial charge on any atom is -0.480 e. The Kier molecular flexibility index (Phi) is 29.8. The summed E-state index contributed by atoms with van der Waals surface area (Å²) in [6.45, 7) is 3.19. The van der Waals surface area contributed by atoms with Crippen molar-refractivity contribution in [3.8, 4) is 0 Å². The van der Waals surface area contributed by atoms with E-state index in [1.54, 1.807) is 0 Å². The summed E-state index contributed by atoms with van der Waals surface area (Å²) >= 11 is 0. The molecule has 0 saturated carbocycles. The molecule has 0 aliphatic heterocycles. The Labute approximate surface area is 278 Å². The van der Waals surface area contributed by atoms with Gasteiger partial charge in [0, 0.05) is 19.4 Å². The number of phosphoric ester groups is 1. The Morgan fingerprint density at radius 2 is 1.00 bits per heavy atom. The van der Waals surface area contributed by atoms with Crippen LogP contribution >= 0.6 is 7.82 Å². The number of hydrogen-bond donors (Lipinski definition) is 4. The number of phosphoric acid groups is 1. The number of carboxylic acid groups (broad SMARTS) is 1. The predicted molar refractivity (Wildman–Crippen MR) is 180 cm³/mol. The molecule has 12 heteroatoms. The first-order valence-corrected chi connectivity index (χ1v) is 19.6. The second kappa shape index (κ2) is 30.8. The van der Waals surface area contributed by atoms with E-state index in [9.17, 15) is 24.1 Å². The third-order valence-corrected chi connectivity index (χ3v) is 8.48. The van der Waals surface area contributed by atoms with E-state index in [1.165, 1.54) is 89.9 Å². The van der Waals surface area contributed by atoms with Crippen molar-refractivity contribution >= 4 is 25.7 Å². The molecule has 0 fully saturated rings. The zero-order valence-electron chi connectivity index (χ0n) is 28.9. The number of esters is 2. The number of hydrogen-bond acceptors (Lipinski definition) is 8. The fourth-order valence-corrected chi connectivity index (χ4v) is 5.51.